The lowest BCUT2D eigenvalue weighted by atomic mass is 9.93. The van der Waals surface area contributed by atoms with Crippen LogP contribution < -0.4 is 10.6 Å². The van der Waals surface area contributed by atoms with Crippen molar-refractivity contribution in [1.82, 2.24) is 9.97 Å². The molecule has 3 aromatic rings. The minimum absolute atomic E-state index is 0.317. The molecule has 1 aromatic carbocycles. The first-order valence-corrected chi connectivity index (χ1v) is 8.85. The molecule has 122 valence electrons. The van der Waals surface area contributed by atoms with E-state index in [1.54, 1.807) is 17.7 Å². The number of rotatable bonds is 3. The van der Waals surface area contributed by atoms with Crippen LogP contribution >= 0.6 is 11.3 Å². The molecule has 6 heteroatoms. The first-order valence-electron chi connectivity index (χ1n) is 8.03. The van der Waals surface area contributed by atoms with E-state index in [2.05, 4.69) is 35.1 Å². The second-order valence-corrected chi connectivity index (χ2v) is 7.12. The van der Waals surface area contributed by atoms with Gasteiger partial charge in [-0.2, -0.15) is 0 Å². The quantitative estimate of drug-likeness (QED) is 0.797. The summed E-state index contributed by atoms with van der Waals surface area (Å²) in [6.45, 7) is 2.76. The molecule has 0 radical (unpaired) electrons. The highest BCUT2D eigenvalue weighted by Gasteiger charge is 2.32. The van der Waals surface area contributed by atoms with E-state index in [1.807, 2.05) is 17.0 Å². The van der Waals surface area contributed by atoms with Crippen LogP contribution in [0.4, 0.5) is 5.82 Å². The van der Waals surface area contributed by atoms with E-state index in [0.29, 0.717) is 13.0 Å². The molecule has 0 saturated carbocycles. The number of aryl methyl sites for hydroxylation is 1. The molecular weight excluding hydrogens is 320 g/mol. The monoisotopic (exact) mass is 338 g/mol. The molecule has 24 heavy (non-hydrogen) atoms. The third-order valence-corrected chi connectivity index (χ3v) is 5.74. The van der Waals surface area contributed by atoms with Gasteiger partial charge in [0.05, 0.1) is 5.39 Å². The highest BCUT2D eigenvalue weighted by Crippen LogP contribution is 2.34. The second kappa shape index (κ2) is 5.87. The molecule has 0 bridgehead atoms. The van der Waals surface area contributed by atoms with E-state index >= 15 is 0 Å². The smallest absolute Gasteiger partial charge is 0.240 e. The van der Waals surface area contributed by atoms with Crippen molar-refractivity contribution < 1.29 is 4.79 Å². The summed E-state index contributed by atoms with van der Waals surface area (Å²) in [4.78, 5) is 25.2. The van der Waals surface area contributed by atoms with Gasteiger partial charge in [0.25, 0.3) is 0 Å². The number of carbonyl (C=O) groups is 1. The first-order chi connectivity index (χ1) is 11.7. The number of benzene rings is 1. The number of nitrogens with two attached hydrogens (primary N) is 1. The zero-order chi connectivity index (χ0) is 16.7. The van der Waals surface area contributed by atoms with Crippen LogP contribution in [0.3, 0.4) is 0 Å². The molecule has 2 aromatic heterocycles. The topological polar surface area (TPSA) is 72.1 Å². The van der Waals surface area contributed by atoms with Crippen molar-refractivity contribution in [3.63, 3.8) is 0 Å². The maximum Gasteiger partial charge on any atom is 0.240 e. The lowest BCUT2D eigenvalue weighted by molar-refractivity contribution is -0.119. The number of fused-ring (bicyclic) bond motifs is 2. The SMILES string of the molecule is CCc1cc2c(N3Cc4ccccc4C[C@@H]3C(N)=O)ncnc2s1. The maximum absolute atomic E-state index is 12.1. The lowest BCUT2D eigenvalue weighted by Gasteiger charge is -2.36. The molecule has 5 nitrogen and oxygen atoms in total. The van der Waals surface area contributed by atoms with E-state index < -0.39 is 0 Å². The van der Waals surface area contributed by atoms with Gasteiger partial charge in [0.15, 0.2) is 0 Å². The van der Waals surface area contributed by atoms with Crippen molar-refractivity contribution in [1.29, 1.82) is 0 Å². The zero-order valence-electron chi connectivity index (χ0n) is 13.4. The minimum atomic E-state index is -0.386. The molecule has 0 saturated heterocycles. The normalized spacial score (nSPS) is 17.0. The number of aromatic nitrogens is 2. The van der Waals surface area contributed by atoms with Gasteiger partial charge in [-0.05, 0) is 23.6 Å². The van der Waals surface area contributed by atoms with Crippen molar-refractivity contribution >= 4 is 33.3 Å². The van der Waals surface area contributed by atoms with Crippen LogP contribution in [0.2, 0.25) is 0 Å². The fraction of sp³-hybridized carbons (Fsp3) is 0.278. The van der Waals surface area contributed by atoms with E-state index in [1.165, 1.54) is 16.0 Å². The highest BCUT2D eigenvalue weighted by atomic mass is 32.1. The number of nitrogens with zero attached hydrogens (tertiary/aromatic N) is 3. The summed E-state index contributed by atoms with van der Waals surface area (Å²) in [5, 5.41) is 1.00. The van der Waals surface area contributed by atoms with Gasteiger partial charge in [0.1, 0.15) is 23.0 Å². The molecule has 1 amide bonds. The third kappa shape index (κ3) is 2.43. The van der Waals surface area contributed by atoms with E-state index in [9.17, 15) is 4.79 Å². The Morgan fingerprint density at radius 1 is 1.33 bits per heavy atom. The van der Waals surface area contributed by atoms with Gasteiger partial charge >= 0.3 is 0 Å². The number of amides is 1. The Balaban J connectivity index is 1.85. The summed E-state index contributed by atoms with van der Waals surface area (Å²) in [6.07, 6.45) is 3.15. The number of carbonyl (C=O) groups excluding carboxylic acids is 1. The van der Waals surface area contributed by atoms with Crippen molar-refractivity contribution in [2.45, 2.75) is 32.4 Å². The summed E-state index contributed by atoms with van der Waals surface area (Å²) in [7, 11) is 0. The molecule has 0 unspecified atom stereocenters. The van der Waals surface area contributed by atoms with Crippen LogP contribution in [-0.2, 0) is 24.2 Å². The van der Waals surface area contributed by atoms with Gasteiger partial charge in [-0.25, -0.2) is 9.97 Å². The predicted octanol–water partition coefficient (Wildman–Crippen LogP) is 2.67. The molecule has 1 aliphatic rings. The Bertz CT molecular complexity index is 920. The summed E-state index contributed by atoms with van der Waals surface area (Å²) in [5.74, 6) is 0.483. The fourth-order valence-electron chi connectivity index (χ4n) is 3.30. The number of anilines is 1. The number of primary amides is 1. The van der Waals surface area contributed by atoms with Crippen LogP contribution in [0, 0.1) is 0 Å². The van der Waals surface area contributed by atoms with Crippen molar-refractivity contribution in [2.24, 2.45) is 5.73 Å². The van der Waals surface area contributed by atoms with Crippen LogP contribution in [0.15, 0.2) is 36.7 Å². The molecule has 0 aliphatic carbocycles. The number of thiophene rings is 1. The number of hydrogen-bond donors (Lipinski definition) is 1. The Morgan fingerprint density at radius 3 is 2.88 bits per heavy atom. The van der Waals surface area contributed by atoms with Gasteiger partial charge in [-0.3, -0.25) is 4.79 Å². The third-order valence-electron chi connectivity index (χ3n) is 4.56. The Kier molecular flexibility index (Phi) is 3.69. The van der Waals surface area contributed by atoms with E-state index in [0.717, 1.165) is 22.5 Å². The molecule has 0 fully saturated rings. The van der Waals surface area contributed by atoms with Gasteiger partial charge < -0.3 is 10.6 Å². The number of hydrogen-bond acceptors (Lipinski definition) is 5. The van der Waals surface area contributed by atoms with E-state index in [-0.39, 0.29) is 11.9 Å². The largest absolute Gasteiger partial charge is 0.368 e. The summed E-state index contributed by atoms with van der Waals surface area (Å²) < 4.78 is 0. The van der Waals surface area contributed by atoms with Gasteiger partial charge in [-0.1, -0.05) is 31.2 Å². The minimum Gasteiger partial charge on any atom is -0.368 e. The molecular formula is C18H18N4OS. The highest BCUT2D eigenvalue weighted by molar-refractivity contribution is 7.18. The van der Waals surface area contributed by atoms with Crippen LogP contribution in [0.25, 0.3) is 10.2 Å². The van der Waals surface area contributed by atoms with Gasteiger partial charge in [0, 0.05) is 17.8 Å². The average molecular weight is 338 g/mol. The standard InChI is InChI=1S/C18H18N4OS/c1-2-13-8-14-17(20-10-21-18(14)24-13)22-9-12-6-4-3-5-11(12)7-15(22)16(19)23/h3-6,8,10,15H,2,7,9H2,1H3,(H2,19,23)/t15-/m1/s1. The van der Waals surface area contributed by atoms with Crippen molar-refractivity contribution in [3.8, 4) is 0 Å². The molecule has 3 heterocycles. The average Bonchev–Trinajstić information content (AvgIpc) is 3.03. The predicted molar refractivity (Wildman–Crippen MR) is 96.1 cm³/mol. The molecule has 1 aliphatic heterocycles. The Morgan fingerprint density at radius 2 is 2.12 bits per heavy atom. The van der Waals surface area contributed by atoms with Crippen molar-refractivity contribution in [2.75, 3.05) is 4.90 Å². The van der Waals surface area contributed by atoms with Crippen LogP contribution in [0.1, 0.15) is 22.9 Å². The van der Waals surface area contributed by atoms with Gasteiger partial charge in [0.2, 0.25) is 5.91 Å². The van der Waals surface area contributed by atoms with E-state index in [4.69, 9.17) is 5.73 Å². The summed E-state index contributed by atoms with van der Waals surface area (Å²) >= 11 is 1.68. The summed E-state index contributed by atoms with van der Waals surface area (Å²) in [6, 6.07) is 9.94. The zero-order valence-corrected chi connectivity index (χ0v) is 14.2. The van der Waals surface area contributed by atoms with Crippen LogP contribution in [-0.4, -0.2) is 21.9 Å². The Hall–Kier alpha value is -2.47. The maximum atomic E-state index is 12.1. The molecule has 4 rings (SSSR count). The molecule has 1 atom stereocenters. The molecule has 0 spiro atoms. The van der Waals surface area contributed by atoms with Crippen LogP contribution in [0.5, 0.6) is 0 Å². The lowest BCUT2D eigenvalue weighted by Crippen LogP contribution is -2.49. The second-order valence-electron chi connectivity index (χ2n) is 6.00. The first kappa shape index (κ1) is 15.1. The van der Waals surface area contributed by atoms with Crippen molar-refractivity contribution in [3.05, 3.63) is 52.7 Å². The summed E-state index contributed by atoms with van der Waals surface area (Å²) in [5.41, 5.74) is 8.10. The Labute approximate surface area is 144 Å². The molecule has 2 N–H and O–H groups in total. The van der Waals surface area contributed by atoms with Gasteiger partial charge in [-0.15, -0.1) is 11.3 Å². The fourth-order valence-corrected chi connectivity index (χ4v) is 4.23.